The summed E-state index contributed by atoms with van der Waals surface area (Å²) in [6.45, 7) is 10.2. The van der Waals surface area contributed by atoms with Gasteiger partial charge in [-0.05, 0) is 76.6 Å². The predicted molar refractivity (Wildman–Crippen MR) is 145 cm³/mol. The molecular weight excluding hydrogens is 512 g/mol. The molecule has 2 aromatic carbocycles. The van der Waals surface area contributed by atoms with E-state index in [-0.39, 0.29) is 11.7 Å². The van der Waals surface area contributed by atoms with Gasteiger partial charge in [-0.1, -0.05) is 35.1 Å². The monoisotopic (exact) mass is 540 g/mol. The molecule has 37 heavy (non-hydrogen) atoms. The van der Waals surface area contributed by atoms with Crippen LogP contribution in [0.25, 0.3) is 6.08 Å². The highest BCUT2D eigenvalue weighted by Gasteiger charge is 2.33. The van der Waals surface area contributed by atoms with Crippen LogP contribution in [0.1, 0.15) is 51.8 Å². The molecule has 0 unspecified atom stereocenters. The van der Waals surface area contributed by atoms with Crippen molar-refractivity contribution in [3.8, 4) is 11.5 Å². The van der Waals surface area contributed by atoms with Gasteiger partial charge in [-0.3, -0.25) is 9.36 Å². The van der Waals surface area contributed by atoms with E-state index in [1.165, 1.54) is 11.3 Å². The van der Waals surface area contributed by atoms with Crippen LogP contribution in [0.2, 0.25) is 5.02 Å². The standard InChI is InChI=1S/C28H29ClN2O5S/c1-6-34-21-11-8-18(9-12-21)25-24(27(33)36-16(3)4)17(5)30-28-31(25)26(32)23(37-28)15-19-14-20(29)10-13-22(19)35-7-2/h8-16,25H,6-7H2,1-5H3/b23-15+/t25-/m0/s1. The van der Waals surface area contributed by atoms with Gasteiger partial charge in [-0.25, -0.2) is 9.79 Å². The summed E-state index contributed by atoms with van der Waals surface area (Å²) in [4.78, 5) is 32.2. The highest BCUT2D eigenvalue weighted by atomic mass is 35.5. The summed E-state index contributed by atoms with van der Waals surface area (Å²) < 4.78 is 18.9. The molecule has 1 aliphatic heterocycles. The van der Waals surface area contributed by atoms with Gasteiger partial charge in [-0.2, -0.15) is 0 Å². The lowest BCUT2D eigenvalue weighted by atomic mass is 9.96. The van der Waals surface area contributed by atoms with Crippen LogP contribution < -0.4 is 24.4 Å². The highest BCUT2D eigenvalue weighted by Crippen LogP contribution is 2.32. The molecule has 3 aromatic rings. The molecule has 9 heteroatoms. The molecule has 0 N–H and O–H groups in total. The Morgan fingerprint density at radius 3 is 2.49 bits per heavy atom. The molecule has 0 spiro atoms. The minimum atomic E-state index is -0.703. The maximum Gasteiger partial charge on any atom is 0.338 e. The largest absolute Gasteiger partial charge is 0.494 e. The number of carbonyl (C=O) groups is 1. The maximum atomic E-state index is 13.8. The van der Waals surface area contributed by atoms with Crippen LogP contribution in [0, 0.1) is 0 Å². The second-order valence-electron chi connectivity index (χ2n) is 8.65. The van der Waals surface area contributed by atoms with Gasteiger partial charge < -0.3 is 14.2 Å². The second kappa shape index (κ2) is 11.4. The fourth-order valence-electron chi connectivity index (χ4n) is 4.15. The number of benzene rings is 2. The number of thiazole rings is 1. The topological polar surface area (TPSA) is 79.1 Å². The number of esters is 1. The van der Waals surface area contributed by atoms with Crippen LogP contribution in [-0.4, -0.2) is 29.9 Å². The molecule has 4 rings (SSSR count). The van der Waals surface area contributed by atoms with Crippen molar-refractivity contribution >= 4 is 35.0 Å². The van der Waals surface area contributed by atoms with Crippen molar-refractivity contribution in [1.82, 2.24) is 4.57 Å². The third kappa shape index (κ3) is 5.65. The normalized spacial score (nSPS) is 15.4. The molecule has 1 aliphatic rings. The Kier molecular flexibility index (Phi) is 8.19. The maximum absolute atomic E-state index is 13.8. The van der Waals surface area contributed by atoms with Crippen molar-refractivity contribution < 1.29 is 19.0 Å². The molecular formula is C28H29ClN2O5S. The number of hydrogen-bond acceptors (Lipinski definition) is 7. The second-order valence-corrected chi connectivity index (χ2v) is 10.1. The first-order chi connectivity index (χ1) is 17.7. The molecule has 194 valence electrons. The Morgan fingerprint density at radius 2 is 1.84 bits per heavy atom. The fourth-order valence-corrected chi connectivity index (χ4v) is 5.37. The van der Waals surface area contributed by atoms with Gasteiger partial charge in [-0.15, -0.1) is 0 Å². The van der Waals surface area contributed by atoms with Crippen LogP contribution in [0.4, 0.5) is 0 Å². The number of fused-ring (bicyclic) bond motifs is 1. The number of allylic oxidation sites excluding steroid dienone is 1. The molecule has 0 bridgehead atoms. The molecule has 0 saturated heterocycles. The van der Waals surface area contributed by atoms with Crippen molar-refractivity contribution in [3.05, 3.63) is 89.6 Å². The SMILES string of the molecule is CCOc1ccc([C@H]2C(C(=O)OC(C)C)=C(C)N=c3s/c(=C/c4cc(Cl)ccc4OCC)c(=O)n32)cc1. The van der Waals surface area contributed by atoms with Gasteiger partial charge >= 0.3 is 5.97 Å². The predicted octanol–water partition coefficient (Wildman–Crippen LogP) is 4.64. The number of nitrogens with zero attached hydrogens (tertiary/aromatic N) is 2. The number of ether oxygens (including phenoxy) is 3. The zero-order valence-electron chi connectivity index (χ0n) is 21.4. The van der Waals surface area contributed by atoms with Crippen LogP contribution in [0.15, 0.2) is 63.5 Å². The Balaban J connectivity index is 1.92. The molecule has 0 radical (unpaired) electrons. The smallest absolute Gasteiger partial charge is 0.338 e. The summed E-state index contributed by atoms with van der Waals surface area (Å²) >= 11 is 7.48. The summed E-state index contributed by atoms with van der Waals surface area (Å²) in [6, 6.07) is 12.0. The summed E-state index contributed by atoms with van der Waals surface area (Å²) in [7, 11) is 0. The summed E-state index contributed by atoms with van der Waals surface area (Å²) in [6.07, 6.45) is 1.43. The third-order valence-corrected chi connectivity index (χ3v) is 6.87. The minimum Gasteiger partial charge on any atom is -0.494 e. The molecule has 7 nitrogen and oxygen atoms in total. The van der Waals surface area contributed by atoms with E-state index < -0.39 is 12.0 Å². The number of rotatable bonds is 8. The molecule has 1 aromatic heterocycles. The lowest BCUT2D eigenvalue weighted by Crippen LogP contribution is -2.40. The Hall–Kier alpha value is -3.36. The van der Waals surface area contributed by atoms with Gasteiger partial charge in [0.1, 0.15) is 11.5 Å². The first kappa shape index (κ1) is 26.7. The summed E-state index contributed by atoms with van der Waals surface area (Å²) in [5.74, 6) is 0.825. The van der Waals surface area contributed by atoms with E-state index in [2.05, 4.69) is 4.99 Å². The lowest BCUT2D eigenvalue weighted by Gasteiger charge is -2.25. The van der Waals surface area contributed by atoms with E-state index in [0.717, 1.165) is 5.56 Å². The lowest BCUT2D eigenvalue weighted by molar-refractivity contribution is -0.143. The van der Waals surface area contributed by atoms with Gasteiger partial charge in [0.2, 0.25) is 0 Å². The van der Waals surface area contributed by atoms with Gasteiger partial charge in [0, 0.05) is 10.6 Å². The van der Waals surface area contributed by atoms with E-state index in [1.807, 2.05) is 38.1 Å². The summed E-state index contributed by atoms with van der Waals surface area (Å²) in [5.41, 5.74) is 2.00. The van der Waals surface area contributed by atoms with E-state index in [1.54, 1.807) is 49.6 Å². The number of carbonyl (C=O) groups excluding carboxylic acids is 1. The van der Waals surface area contributed by atoms with Gasteiger partial charge in [0.15, 0.2) is 4.80 Å². The average molecular weight is 541 g/mol. The van der Waals surface area contributed by atoms with E-state index in [0.29, 0.717) is 55.9 Å². The van der Waals surface area contributed by atoms with Crippen molar-refractivity contribution in [3.63, 3.8) is 0 Å². The number of aromatic nitrogens is 1. The van der Waals surface area contributed by atoms with E-state index in [9.17, 15) is 9.59 Å². The molecule has 0 aliphatic carbocycles. The molecule has 0 saturated carbocycles. The van der Waals surface area contributed by atoms with Crippen molar-refractivity contribution in [2.45, 2.75) is 46.8 Å². The number of halogens is 1. The minimum absolute atomic E-state index is 0.271. The van der Waals surface area contributed by atoms with E-state index >= 15 is 0 Å². The third-order valence-electron chi connectivity index (χ3n) is 5.65. The first-order valence-electron chi connectivity index (χ1n) is 12.1. The Bertz CT molecular complexity index is 1520. The molecule has 0 fully saturated rings. The van der Waals surface area contributed by atoms with Crippen LogP contribution in [0.5, 0.6) is 11.5 Å². The van der Waals surface area contributed by atoms with Crippen molar-refractivity contribution in [2.24, 2.45) is 4.99 Å². The van der Waals surface area contributed by atoms with Gasteiger partial charge in [0.25, 0.3) is 5.56 Å². The van der Waals surface area contributed by atoms with Crippen LogP contribution in [-0.2, 0) is 9.53 Å². The molecule has 0 amide bonds. The zero-order chi connectivity index (χ0) is 26.7. The Morgan fingerprint density at radius 1 is 1.14 bits per heavy atom. The highest BCUT2D eigenvalue weighted by molar-refractivity contribution is 7.07. The Labute approximate surface area is 224 Å². The molecule has 2 heterocycles. The number of hydrogen-bond donors (Lipinski definition) is 0. The van der Waals surface area contributed by atoms with Crippen molar-refractivity contribution in [2.75, 3.05) is 13.2 Å². The first-order valence-corrected chi connectivity index (χ1v) is 13.3. The summed E-state index contributed by atoms with van der Waals surface area (Å²) in [5, 5.41) is 0.532. The average Bonchev–Trinajstić information content (AvgIpc) is 3.14. The fraction of sp³-hybridized carbons (Fsp3) is 0.321. The van der Waals surface area contributed by atoms with Crippen molar-refractivity contribution in [1.29, 1.82) is 0 Å². The van der Waals surface area contributed by atoms with E-state index in [4.69, 9.17) is 25.8 Å². The van der Waals surface area contributed by atoms with Crippen LogP contribution in [0.3, 0.4) is 0 Å². The molecule has 1 atom stereocenters. The van der Waals surface area contributed by atoms with Crippen LogP contribution >= 0.6 is 22.9 Å². The quantitative estimate of drug-likeness (QED) is 0.389. The zero-order valence-corrected chi connectivity index (χ0v) is 23.0. The van der Waals surface area contributed by atoms with Gasteiger partial charge in [0.05, 0.1) is 41.2 Å².